The van der Waals surface area contributed by atoms with Crippen molar-refractivity contribution in [3.63, 3.8) is 0 Å². The van der Waals surface area contributed by atoms with Gasteiger partial charge in [0.05, 0.1) is 10.6 Å². The molecule has 0 bridgehead atoms. The number of aromatic nitrogens is 1. The number of thiophene rings is 1. The number of benzene rings is 1. The maximum absolute atomic E-state index is 13.1. The van der Waals surface area contributed by atoms with E-state index in [1.807, 2.05) is 0 Å². The predicted octanol–water partition coefficient (Wildman–Crippen LogP) is 5.21. The number of nitrogens with zero attached hydrogens (tertiary/aromatic N) is 2. The van der Waals surface area contributed by atoms with Gasteiger partial charge in [-0.2, -0.15) is 13.2 Å². The molecule has 1 N–H and O–H groups in total. The molecule has 2 aliphatic heterocycles. The molecule has 2 atom stereocenters. The summed E-state index contributed by atoms with van der Waals surface area (Å²) in [6.45, 7) is 2.42. The van der Waals surface area contributed by atoms with Crippen LogP contribution in [-0.4, -0.2) is 47.8 Å². The molecule has 5 rings (SSSR count). The highest BCUT2D eigenvalue weighted by Crippen LogP contribution is 2.42. The van der Waals surface area contributed by atoms with Crippen LogP contribution < -0.4 is 5.32 Å². The Morgan fingerprint density at radius 1 is 1.24 bits per heavy atom. The molecule has 2 aromatic heterocycles. The van der Waals surface area contributed by atoms with Crippen LogP contribution in [0.2, 0.25) is 5.02 Å². The predicted molar refractivity (Wildman–Crippen MR) is 122 cm³/mol. The van der Waals surface area contributed by atoms with Gasteiger partial charge in [-0.3, -0.25) is 9.59 Å². The Balaban J connectivity index is 1.30. The fourth-order valence-electron chi connectivity index (χ4n) is 4.71. The maximum Gasteiger partial charge on any atom is 0.416 e. The number of hydrogen-bond donors (Lipinski definition) is 1. The topological polar surface area (TPSA) is 62.3 Å². The zero-order chi connectivity index (χ0) is 23.3. The minimum absolute atomic E-state index is 0.0417. The highest BCUT2D eigenvalue weighted by Gasteiger charge is 2.44. The fourth-order valence-corrected chi connectivity index (χ4v) is 6.86. The summed E-state index contributed by atoms with van der Waals surface area (Å²) in [7, 11) is 0. The molecule has 11 heteroatoms. The lowest BCUT2D eigenvalue weighted by atomic mass is 9.72. The van der Waals surface area contributed by atoms with E-state index in [0.29, 0.717) is 34.7 Å². The average molecular weight is 514 g/mol. The molecule has 0 aliphatic carbocycles. The lowest BCUT2D eigenvalue weighted by molar-refractivity contribution is -0.137. The first kappa shape index (κ1) is 22.8. The molecule has 1 amide bonds. The summed E-state index contributed by atoms with van der Waals surface area (Å²) in [6, 6.07) is 3.33. The summed E-state index contributed by atoms with van der Waals surface area (Å²) in [6.07, 6.45) is -1.99. The van der Waals surface area contributed by atoms with E-state index in [-0.39, 0.29) is 39.3 Å². The molecular weight excluding hydrogens is 495 g/mol. The lowest BCUT2D eigenvalue weighted by Gasteiger charge is -2.47. The average Bonchev–Trinajstić information content (AvgIpc) is 3.40. The summed E-state index contributed by atoms with van der Waals surface area (Å²) in [5, 5.41) is 6.22. The van der Waals surface area contributed by atoms with E-state index in [0.717, 1.165) is 36.4 Å². The van der Waals surface area contributed by atoms with Crippen molar-refractivity contribution < 1.29 is 22.8 Å². The first-order chi connectivity index (χ1) is 15.7. The van der Waals surface area contributed by atoms with Crippen molar-refractivity contribution >= 4 is 56.1 Å². The Hall–Kier alpha value is -2.01. The molecule has 0 saturated carbocycles. The van der Waals surface area contributed by atoms with Crippen molar-refractivity contribution in [2.45, 2.75) is 12.6 Å². The van der Waals surface area contributed by atoms with Crippen molar-refractivity contribution in [3.05, 3.63) is 50.2 Å². The molecule has 0 spiro atoms. The van der Waals surface area contributed by atoms with Gasteiger partial charge in [-0.25, -0.2) is 4.98 Å². The van der Waals surface area contributed by atoms with Crippen LogP contribution in [0.15, 0.2) is 29.8 Å². The second-order valence-electron chi connectivity index (χ2n) is 8.39. The van der Waals surface area contributed by atoms with E-state index in [2.05, 4.69) is 10.3 Å². The smallest absolute Gasteiger partial charge is 0.337 e. The number of halogens is 4. The quantitative estimate of drug-likeness (QED) is 0.486. The van der Waals surface area contributed by atoms with Gasteiger partial charge in [0.15, 0.2) is 10.8 Å². The molecule has 4 heterocycles. The molecule has 5 nitrogen and oxygen atoms in total. The van der Waals surface area contributed by atoms with Gasteiger partial charge >= 0.3 is 6.18 Å². The SMILES string of the molecule is O=C(c1nccs1)C1CNCCC1C1CN(C(=O)c2sc3cc(C(F)(F)F)ccc3c2Cl)C1. The Bertz CT molecular complexity index is 1210. The summed E-state index contributed by atoms with van der Waals surface area (Å²) in [5.74, 6) is -0.0718. The Morgan fingerprint density at radius 3 is 2.73 bits per heavy atom. The van der Waals surface area contributed by atoms with E-state index < -0.39 is 11.7 Å². The zero-order valence-electron chi connectivity index (χ0n) is 17.2. The Morgan fingerprint density at radius 2 is 2.03 bits per heavy atom. The minimum Gasteiger partial charge on any atom is -0.337 e. The third-order valence-electron chi connectivity index (χ3n) is 6.47. The third kappa shape index (κ3) is 4.18. The molecule has 3 aromatic rings. The number of carbonyl (C=O) groups excluding carboxylic acids is 2. The molecule has 1 aromatic carbocycles. The molecule has 33 heavy (non-hydrogen) atoms. The highest BCUT2D eigenvalue weighted by atomic mass is 35.5. The van der Waals surface area contributed by atoms with Crippen LogP contribution in [0.25, 0.3) is 10.1 Å². The molecule has 0 radical (unpaired) electrons. The number of amides is 1. The van der Waals surface area contributed by atoms with Crippen LogP contribution >= 0.6 is 34.3 Å². The lowest BCUT2D eigenvalue weighted by Crippen LogP contribution is -2.57. The second-order valence-corrected chi connectivity index (χ2v) is 10.7. The fraction of sp³-hybridized carbons (Fsp3) is 0.409. The maximum atomic E-state index is 13.1. The van der Waals surface area contributed by atoms with Gasteiger partial charge in [0.2, 0.25) is 0 Å². The van der Waals surface area contributed by atoms with Crippen molar-refractivity contribution in [1.29, 1.82) is 0 Å². The van der Waals surface area contributed by atoms with E-state index in [1.165, 1.54) is 17.4 Å². The van der Waals surface area contributed by atoms with Crippen LogP contribution in [0.4, 0.5) is 13.2 Å². The Labute approximate surface area is 200 Å². The standard InChI is InChI=1S/C22H19ClF3N3O2S2/c23-17-14-2-1-12(22(24,25)26)7-16(14)33-19(17)21(31)29-9-11(10-29)13-3-4-27-8-15(13)18(30)20-28-5-6-32-20/h1-2,5-7,11,13,15,27H,3-4,8-10H2. The van der Waals surface area contributed by atoms with Crippen molar-refractivity contribution in [3.8, 4) is 0 Å². The number of carbonyl (C=O) groups is 2. The molecule has 2 aliphatic rings. The molecular formula is C22H19ClF3N3O2S2. The van der Waals surface area contributed by atoms with Crippen molar-refractivity contribution in [2.24, 2.45) is 17.8 Å². The number of piperidine rings is 1. The van der Waals surface area contributed by atoms with E-state index >= 15 is 0 Å². The van der Waals surface area contributed by atoms with Crippen LogP contribution in [-0.2, 0) is 6.18 Å². The van der Waals surface area contributed by atoms with E-state index in [9.17, 15) is 22.8 Å². The molecule has 2 saturated heterocycles. The number of hydrogen-bond acceptors (Lipinski definition) is 6. The summed E-state index contributed by atoms with van der Waals surface area (Å²) in [5.41, 5.74) is -0.766. The largest absolute Gasteiger partial charge is 0.416 e. The number of nitrogens with one attached hydrogen (secondary N) is 1. The van der Waals surface area contributed by atoms with Crippen LogP contribution in [0.3, 0.4) is 0 Å². The number of fused-ring (bicyclic) bond motifs is 1. The summed E-state index contributed by atoms with van der Waals surface area (Å²) >= 11 is 8.70. The van der Waals surface area contributed by atoms with Gasteiger partial charge in [-0.1, -0.05) is 17.7 Å². The number of ketones is 1. The summed E-state index contributed by atoms with van der Waals surface area (Å²) < 4.78 is 39.4. The van der Waals surface area contributed by atoms with Crippen molar-refractivity contribution in [1.82, 2.24) is 15.2 Å². The third-order valence-corrected chi connectivity index (χ3v) is 8.90. The van der Waals surface area contributed by atoms with Gasteiger partial charge in [-0.15, -0.1) is 22.7 Å². The number of likely N-dealkylation sites (tertiary alicyclic amines) is 1. The van der Waals surface area contributed by atoms with Gasteiger partial charge in [0.1, 0.15) is 4.88 Å². The number of rotatable bonds is 4. The number of Topliss-reactive ketones (excluding diaryl/α,β-unsaturated/α-hetero) is 1. The van der Waals surface area contributed by atoms with Gasteiger partial charge in [-0.05, 0) is 36.9 Å². The molecule has 2 unspecified atom stereocenters. The Kier molecular flexibility index (Phi) is 5.97. The first-order valence-electron chi connectivity index (χ1n) is 10.5. The van der Waals surface area contributed by atoms with Crippen molar-refractivity contribution in [2.75, 3.05) is 26.2 Å². The number of thiazole rings is 1. The monoisotopic (exact) mass is 513 g/mol. The first-order valence-corrected chi connectivity index (χ1v) is 12.5. The van der Waals surface area contributed by atoms with E-state index in [4.69, 9.17) is 11.6 Å². The minimum atomic E-state index is -4.46. The highest BCUT2D eigenvalue weighted by molar-refractivity contribution is 7.21. The van der Waals surface area contributed by atoms with Crippen LogP contribution in [0.1, 0.15) is 31.5 Å². The van der Waals surface area contributed by atoms with Gasteiger partial charge < -0.3 is 10.2 Å². The summed E-state index contributed by atoms with van der Waals surface area (Å²) in [4.78, 5) is 32.1. The normalized spacial score (nSPS) is 21.9. The number of alkyl halides is 3. The van der Waals surface area contributed by atoms with Gasteiger partial charge in [0.25, 0.3) is 5.91 Å². The van der Waals surface area contributed by atoms with E-state index in [1.54, 1.807) is 16.5 Å². The zero-order valence-corrected chi connectivity index (χ0v) is 19.6. The van der Waals surface area contributed by atoms with Crippen LogP contribution in [0, 0.1) is 17.8 Å². The van der Waals surface area contributed by atoms with Crippen LogP contribution in [0.5, 0.6) is 0 Å². The molecule has 2 fully saturated rings. The molecule has 174 valence electrons. The second kappa shape index (κ2) is 8.65. The van der Waals surface area contributed by atoms with Gasteiger partial charge in [0, 0.05) is 47.2 Å².